The molecule has 3 aromatic carbocycles. The van der Waals surface area contributed by atoms with Crippen LogP contribution in [0, 0.1) is 18.6 Å². The van der Waals surface area contributed by atoms with Crippen molar-refractivity contribution in [1.29, 1.82) is 0 Å². The molecule has 6 nitrogen and oxygen atoms in total. The zero-order valence-electron chi connectivity index (χ0n) is 21.9. The molecule has 0 unspecified atom stereocenters. The molecule has 0 radical (unpaired) electrons. The fourth-order valence-electron chi connectivity index (χ4n) is 4.35. The molecule has 0 aliphatic heterocycles. The summed E-state index contributed by atoms with van der Waals surface area (Å²) < 4.78 is 40.3. The van der Waals surface area contributed by atoms with Crippen LogP contribution in [0.15, 0.2) is 60.7 Å². The van der Waals surface area contributed by atoms with Crippen LogP contribution in [-0.2, 0) is 14.9 Å². The zero-order valence-corrected chi connectivity index (χ0v) is 25.5. The first kappa shape index (κ1) is 31.9. The van der Waals surface area contributed by atoms with Crippen LogP contribution in [0.5, 0.6) is 0 Å². The van der Waals surface area contributed by atoms with Crippen molar-refractivity contribution in [2.45, 2.75) is 38.2 Å². The molecule has 11 heteroatoms. The first-order valence-electron chi connectivity index (χ1n) is 11.9. The summed E-state index contributed by atoms with van der Waals surface area (Å²) in [4.78, 5) is 24.2. The molecule has 1 saturated carbocycles. The van der Waals surface area contributed by atoms with Crippen LogP contribution < -0.4 is 34.9 Å². The van der Waals surface area contributed by atoms with Gasteiger partial charge < -0.3 is 15.0 Å². The normalized spacial score (nSPS) is 13.8. The van der Waals surface area contributed by atoms with Crippen LogP contribution in [0.2, 0.25) is 5.02 Å². The molecule has 1 aromatic heterocycles. The number of nitrogens with one attached hydrogen (secondary N) is 1. The standard InChI is InChI=1S/C29H22ClF2N2O3S.Na.H2O/c1-16-26(33-28(36)37-17(2)20-5-3-4-6-23(20)30)27(38-34-16)22-14-24(31)21(13-25(22)32)18-7-9-19(10-8-18)29(15-35)11-12-29;;/h3-10,13-14,17H,11-12H2,1-2H3,(H,33,36);;1H2/q-1;+1;/p-1/t17-;;/m1../s1. The minimum atomic E-state index is -0.777. The quantitative estimate of drug-likeness (QED) is 0.241. The number of carbonyl (C=O) groups is 1. The molecule has 1 atom stereocenters. The summed E-state index contributed by atoms with van der Waals surface area (Å²) in [7, 11) is 0. The van der Waals surface area contributed by atoms with Gasteiger partial charge in [-0.15, -0.1) is 5.41 Å². The molecule has 4 aromatic rings. The number of hydrogen-bond acceptors (Lipinski definition) is 6. The third-order valence-electron chi connectivity index (χ3n) is 6.71. The Balaban J connectivity index is 0.00000220. The Morgan fingerprint density at radius 3 is 2.35 bits per heavy atom. The number of aromatic nitrogens is 1. The van der Waals surface area contributed by atoms with Crippen molar-refractivity contribution in [3.8, 4) is 21.6 Å². The summed E-state index contributed by atoms with van der Waals surface area (Å²) in [5, 5.41) is 3.09. The van der Waals surface area contributed by atoms with Crippen LogP contribution in [0.4, 0.5) is 19.3 Å². The second-order valence-corrected chi connectivity index (χ2v) is 10.4. The fourth-order valence-corrected chi connectivity index (χ4v) is 5.50. The molecule has 1 amide bonds. The van der Waals surface area contributed by atoms with Gasteiger partial charge in [0.15, 0.2) is 0 Å². The molecule has 1 fully saturated rings. The third-order valence-corrected chi connectivity index (χ3v) is 8.03. The van der Waals surface area contributed by atoms with Crippen LogP contribution >= 0.6 is 23.1 Å². The molecule has 5 rings (SSSR count). The van der Waals surface area contributed by atoms with E-state index in [2.05, 4.69) is 16.0 Å². The number of aryl methyl sites for hydroxylation is 1. The predicted molar refractivity (Wildman–Crippen MR) is 146 cm³/mol. The number of anilines is 1. The molecule has 0 saturated heterocycles. The van der Waals surface area contributed by atoms with Crippen molar-refractivity contribution in [2.75, 3.05) is 5.32 Å². The van der Waals surface area contributed by atoms with Gasteiger partial charge in [0.25, 0.3) is 0 Å². The topological polar surface area (TPSA) is 98.3 Å². The van der Waals surface area contributed by atoms with Gasteiger partial charge in [-0.3, -0.25) is 11.6 Å². The maximum absolute atomic E-state index is 15.3. The minimum Gasteiger partial charge on any atom is -0.870 e. The molecule has 202 valence electrons. The summed E-state index contributed by atoms with van der Waals surface area (Å²) in [6.07, 6.45) is 2.15. The number of ether oxygens (including phenoxy) is 1. The summed E-state index contributed by atoms with van der Waals surface area (Å²) in [5.41, 5.74) is 2.10. The first-order chi connectivity index (χ1) is 18.2. The number of amides is 1. The van der Waals surface area contributed by atoms with Gasteiger partial charge in [-0.25, -0.2) is 13.6 Å². The largest absolute Gasteiger partial charge is 1.00 e. The van der Waals surface area contributed by atoms with E-state index in [4.69, 9.17) is 16.3 Å². The Morgan fingerprint density at radius 1 is 1.10 bits per heavy atom. The Bertz CT molecular complexity index is 1540. The van der Waals surface area contributed by atoms with E-state index in [9.17, 15) is 9.59 Å². The van der Waals surface area contributed by atoms with Crippen molar-refractivity contribution in [1.82, 2.24) is 4.37 Å². The predicted octanol–water partition coefficient (Wildman–Crippen LogP) is 5.00. The maximum Gasteiger partial charge on any atom is 1.00 e. The van der Waals surface area contributed by atoms with Crippen molar-refractivity contribution < 1.29 is 58.1 Å². The summed E-state index contributed by atoms with van der Waals surface area (Å²) in [6.45, 7) is 3.34. The van der Waals surface area contributed by atoms with E-state index in [-0.39, 0.29) is 56.7 Å². The van der Waals surface area contributed by atoms with Crippen LogP contribution in [0.25, 0.3) is 21.6 Å². The molecular formula is C29H23ClF2N2NaO4S-. The van der Waals surface area contributed by atoms with Crippen molar-refractivity contribution in [3.63, 3.8) is 0 Å². The van der Waals surface area contributed by atoms with Gasteiger partial charge in [0.1, 0.15) is 17.7 Å². The van der Waals surface area contributed by atoms with E-state index < -0.39 is 29.2 Å². The second kappa shape index (κ2) is 12.9. The van der Waals surface area contributed by atoms with Crippen LogP contribution in [-0.4, -0.2) is 22.2 Å². The monoisotopic (exact) mass is 591 g/mol. The Hall–Kier alpha value is -2.66. The molecule has 0 spiro atoms. The van der Waals surface area contributed by atoms with E-state index in [0.29, 0.717) is 21.8 Å². The molecule has 40 heavy (non-hydrogen) atoms. The molecular weight excluding hydrogens is 569 g/mol. The molecule has 1 aliphatic carbocycles. The van der Waals surface area contributed by atoms with Gasteiger partial charge in [-0.1, -0.05) is 72.5 Å². The van der Waals surface area contributed by atoms with E-state index >= 15 is 8.78 Å². The first-order valence-corrected chi connectivity index (χ1v) is 13.1. The van der Waals surface area contributed by atoms with E-state index in [1.54, 1.807) is 62.4 Å². The number of rotatable bonds is 7. The van der Waals surface area contributed by atoms with Gasteiger partial charge in [0.05, 0.1) is 16.3 Å². The number of halogens is 3. The molecule has 0 bridgehead atoms. The number of carbonyl (C=O) groups excluding carboxylic acids is 2. The minimum absolute atomic E-state index is 0. The number of benzene rings is 3. The van der Waals surface area contributed by atoms with Gasteiger partial charge in [-0.2, -0.15) is 4.37 Å². The SMILES string of the molecule is Cc1nsc(-c2cc(F)c(-c3ccc(C4([C-]=O)CC4)cc3)cc2F)c1NC(=O)O[C@H](C)c1ccccc1Cl.[Na+].[OH-]. The maximum atomic E-state index is 15.3. The van der Waals surface area contributed by atoms with Gasteiger partial charge in [-0.05, 0) is 49.1 Å². The van der Waals surface area contributed by atoms with Gasteiger partial charge >= 0.3 is 35.7 Å². The van der Waals surface area contributed by atoms with Crippen LogP contribution in [0.3, 0.4) is 0 Å². The molecule has 2 N–H and O–H groups in total. The van der Waals surface area contributed by atoms with E-state index in [0.717, 1.165) is 42.1 Å². The molecule has 1 heterocycles. The molecule has 1 aliphatic rings. The van der Waals surface area contributed by atoms with Crippen molar-refractivity contribution in [2.24, 2.45) is 0 Å². The van der Waals surface area contributed by atoms with E-state index in [1.165, 1.54) is 0 Å². The van der Waals surface area contributed by atoms with Crippen molar-refractivity contribution >= 4 is 41.2 Å². The fraction of sp³-hybridized carbons (Fsp3) is 0.207. The van der Waals surface area contributed by atoms with Crippen molar-refractivity contribution in [3.05, 3.63) is 94.1 Å². The number of nitrogens with zero attached hydrogens (tertiary/aromatic N) is 1. The second-order valence-electron chi connectivity index (χ2n) is 9.24. The third kappa shape index (κ3) is 6.30. The van der Waals surface area contributed by atoms with Gasteiger partial charge in [0.2, 0.25) is 0 Å². The summed E-state index contributed by atoms with van der Waals surface area (Å²) in [6, 6.07) is 16.1. The summed E-state index contributed by atoms with van der Waals surface area (Å²) in [5.74, 6) is -1.31. The Kier molecular flexibility index (Phi) is 10.3. The smallest absolute Gasteiger partial charge is 0.870 e. The zero-order chi connectivity index (χ0) is 27.0. The van der Waals surface area contributed by atoms with Crippen LogP contribution in [0.1, 0.15) is 42.7 Å². The number of hydrogen-bond donors (Lipinski definition) is 1. The Morgan fingerprint density at radius 2 is 1.73 bits per heavy atom. The summed E-state index contributed by atoms with van der Waals surface area (Å²) >= 11 is 7.13. The average Bonchev–Trinajstić information content (AvgIpc) is 3.63. The van der Waals surface area contributed by atoms with E-state index in [1.807, 2.05) is 0 Å². The average molecular weight is 592 g/mol. The van der Waals surface area contributed by atoms with Gasteiger partial charge in [0, 0.05) is 21.7 Å². The Labute approximate surface area is 261 Å².